The molecule has 3 aromatic carbocycles. The van der Waals surface area contributed by atoms with E-state index in [0.29, 0.717) is 23.2 Å². The number of hydrogen-bond donors (Lipinski definition) is 1. The number of amides is 1. The van der Waals surface area contributed by atoms with Crippen LogP contribution in [0.2, 0.25) is 0 Å². The lowest BCUT2D eigenvalue weighted by Gasteiger charge is -2.08. The number of nitrogens with zero attached hydrogens (tertiary/aromatic N) is 2. The van der Waals surface area contributed by atoms with E-state index in [9.17, 15) is 4.79 Å². The van der Waals surface area contributed by atoms with Crippen LogP contribution < -0.4 is 14.8 Å². The van der Waals surface area contributed by atoms with Gasteiger partial charge in [0.05, 0.1) is 24.2 Å². The van der Waals surface area contributed by atoms with E-state index >= 15 is 0 Å². The van der Waals surface area contributed by atoms with Gasteiger partial charge in [0.2, 0.25) is 0 Å². The largest absolute Gasteiger partial charge is 0.497 e. The highest BCUT2D eigenvalue weighted by molar-refractivity contribution is 8.18. The first-order chi connectivity index (χ1) is 16.7. The van der Waals surface area contributed by atoms with Crippen LogP contribution in [-0.4, -0.2) is 29.4 Å². The van der Waals surface area contributed by atoms with E-state index in [1.807, 2.05) is 72.8 Å². The minimum atomic E-state index is -0.151. The van der Waals surface area contributed by atoms with Crippen molar-refractivity contribution in [3.63, 3.8) is 0 Å². The first-order valence-corrected chi connectivity index (χ1v) is 11.7. The molecule has 0 unspecified atom stereocenters. The molecule has 0 spiro atoms. The average Bonchev–Trinajstić information content (AvgIpc) is 3.40. The maximum Gasteiger partial charge on any atom is 0.264 e. The van der Waals surface area contributed by atoms with Crippen molar-refractivity contribution in [2.45, 2.75) is 6.54 Å². The number of hydrogen-bond acceptors (Lipinski definition) is 5. The Morgan fingerprint density at radius 2 is 1.74 bits per heavy atom. The minimum Gasteiger partial charge on any atom is -0.497 e. The predicted molar refractivity (Wildman–Crippen MR) is 138 cm³/mol. The van der Waals surface area contributed by atoms with Crippen LogP contribution in [0.3, 0.4) is 0 Å². The molecule has 0 bridgehead atoms. The predicted octanol–water partition coefficient (Wildman–Crippen LogP) is 5.62. The van der Waals surface area contributed by atoms with E-state index in [0.717, 1.165) is 33.7 Å². The maximum absolute atomic E-state index is 12.6. The summed E-state index contributed by atoms with van der Waals surface area (Å²) in [5.41, 5.74) is 2.83. The number of amidine groups is 1. The summed E-state index contributed by atoms with van der Waals surface area (Å²) in [6.45, 7) is 1.24. The van der Waals surface area contributed by atoms with Crippen molar-refractivity contribution in [1.29, 1.82) is 0 Å². The van der Waals surface area contributed by atoms with E-state index in [1.54, 1.807) is 7.11 Å². The van der Waals surface area contributed by atoms with E-state index in [-0.39, 0.29) is 5.91 Å². The molecular formula is C27H23N3O3S. The zero-order valence-electron chi connectivity index (χ0n) is 18.6. The third kappa shape index (κ3) is 4.84. The van der Waals surface area contributed by atoms with Crippen molar-refractivity contribution in [2.24, 2.45) is 4.99 Å². The number of nitrogens with one attached hydrogen (secondary N) is 1. The summed E-state index contributed by atoms with van der Waals surface area (Å²) in [6.07, 6.45) is 3.99. The fourth-order valence-corrected chi connectivity index (χ4v) is 4.58. The molecule has 5 rings (SSSR count). The molecule has 7 heteroatoms. The fourth-order valence-electron chi connectivity index (χ4n) is 3.75. The van der Waals surface area contributed by atoms with Gasteiger partial charge in [0.1, 0.15) is 18.1 Å². The number of methoxy groups -OCH3 is 1. The lowest BCUT2D eigenvalue weighted by atomic mass is 10.1. The molecule has 170 valence electrons. The molecule has 0 aliphatic carbocycles. The minimum absolute atomic E-state index is 0.151. The van der Waals surface area contributed by atoms with E-state index in [1.165, 1.54) is 11.8 Å². The number of aromatic nitrogens is 1. The quantitative estimate of drug-likeness (QED) is 0.357. The third-order valence-corrected chi connectivity index (χ3v) is 6.31. The van der Waals surface area contributed by atoms with Crippen LogP contribution in [0.4, 0.5) is 5.69 Å². The van der Waals surface area contributed by atoms with Gasteiger partial charge in [0.25, 0.3) is 5.91 Å². The Hall–Kier alpha value is -3.97. The van der Waals surface area contributed by atoms with Gasteiger partial charge < -0.3 is 19.4 Å². The van der Waals surface area contributed by atoms with Crippen molar-refractivity contribution in [1.82, 2.24) is 9.88 Å². The van der Waals surface area contributed by atoms with Gasteiger partial charge in [0.15, 0.2) is 5.17 Å². The Balaban J connectivity index is 1.35. The molecule has 1 fully saturated rings. The Morgan fingerprint density at radius 1 is 0.971 bits per heavy atom. The van der Waals surface area contributed by atoms with Gasteiger partial charge in [-0.3, -0.25) is 4.79 Å². The van der Waals surface area contributed by atoms with Gasteiger partial charge >= 0.3 is 0 Å². The maximum atomic E-state index is 12.6. The topological polar surface area (TPSA) is 64.8 Å². The van der Waals surface area contributed by atoms with Crippen LogP contribution in [0.25, 0.3) is 17.0 Å². The smallest absolute Gasteiger partial charge is 0.264 e. The molecule has 6 nitrogen and oxygen atoms in total. The SMILES string of the molecule is COc1ccc(N=C2NC(=O)/C(=C\c3cn(CCOc4ccccc4)c4ccccc34)S2)cc1. The summed E-state index contributed by atoms with van der Waals surface area (Å²) >= 11 is 1.34. The van der Waals surface area contributed by atoms with Crippen molar-refractivity contribution in [3.05, 3.63) is 95.5 Å². The van der Waals surface area contributed by atoms with Gasteiger partial charge in [-0.1, -0.05) is 36.4 Å². The van der Waals surface area contributed by atoms with Crippen molar-refractivity contribution >= 4 is 45.5 Å². The third-order valence-electron chi connectivity index (χ3n) is 5.40. The van der Waals surface area contributed by atoms with Crippen LogP contribution in [0.1, 0.15) is 5.56 Å². The molecule has 0 radical (unpaired) electrons. The van der Waals surface area contributed by atoms with Gasteiger partial charge in [-0.05, 0) is 60.3 Å². The normalized spacial score (nSPS) is 15.7. The highest BCUT2D eigenvalue weighted by Gasteiger charge is 2.24. The molecular weight excluding hydrogens is 446 g/mol. The number of para-hydroxylation sites is 2. The first-order valence-electron chi connectivity index (χ1n) is 10.9. The average molecular weight is 470 g/mol. The summed E-state index contributed by atoms with van der Waals surface area (Å²) in [5, 5.41) is 4.50. The lowest BCUT2D eigenvalue weighted by molar-refractivity contribution is -0.115. The lowest BCUT2D eigenvalue weighted by Crippen LogP contribution is -2.19. The molecule has 1 aromatic heterocycles. The second-order valence-corrected chi connectivity index (χ2v) is 8.67. The van der Waals surface area contributed by atoms with Gasteiger partial charge in [-0.25, -0.2) is 4.99 Å². The summed E-state index contributed by atoms with van der Waals surface area (Å²) in [5.74, 6) is 1.46. The number of aliphatic imine (C=N–C) groups is 1. The van der Waals surface area contributed by atoms with E-state index in [4.69, 9.17) is 9.47 Å². The monoisotopic (exact) mass is 469 g/mol. The first kappa shape index (κ1) is 21.9. The molecule has 0 saturated carbocycles. The number of thioether (sulfide) groups is 1. The van der Waals surface area contributed by atoms with Gasteiger partial charge in [-0.15, -0.1) is 0 Å². The second-order valence-electron chi connectivity index (χ2n) is 7.64. The Kier molecular flexibility index (Phi) is 6.35. The summed E-state index contributed by atoms with van der Waals surface area (Å²) in [4.78, 5) is 17.8. The number of rotatable bonds is 7. The highest BCUT2D eigenvalue weighted by Crippen LogP contribution is 2.31. The molecule has 4 aromatic rings. The zero-order chi connectivity index (χ0) is 23.3. The summed E-state index contributed by atoms with van der Waals surface area (Å²) < 4.78 is 13.2. The van der Waals surface area contributed by atoms with Crippen molar-refractivity contribution in [3.8, 4) is 11.5 Å². The fraction of sp³-hybridized carbons (Fsp3) is 0.111. The standard InChI is InChI=1S/C27H23N3O3S/c1-32-21-13-11-20(12-14-21)28-27-29-26(31)25(34-27)17-19-18-30(24-10-6-5-9-23(19)24)15-16-33-22-7-3-2-4-8-22/h2-14,17-18H,15-16H2,1H3,(H,28,29,31)/b25-17+. The summed E-state index contributed by atoms with van der Waals surface area (Å²) in [6, 6.07) is 25.4. The molecule has 1 saturated heterocycles. The zero-order valence-corrected chi connectivity index (χ0v) is 19.4. The Morgan fingerprint density at radius 3 is 2.53 bits per heavy atom. The molecule has 1 aliphatic rings. The number of benzene rings is 3. The van der Waals surface area contributed by atoms with Crippen LogP contribution in [0, 0.1) is 0 Å². The Bertz CT molecular complexity index is 1380. The number of carbonyl (C=O) groups excluding carboxylic acids is 1. The van der Waals surface area contributed by atoms with Crippen LogP contribution >= 0.6 is 11.8 Å². The van der Waals surface area contributed by atoms with Crippen molar-refractivity contribution < 1.29 is 14.3 Å². The molecule has 34 heavy (non-hydrogen) atoms. The number of carbonyl (C=O) groups is 1. The van der Waals surface area contributed by atoms with Crippen LogP contribution in [-0.2, 0) is 11.3 Å². The molecule has 1 amide bonds. The number of ether oxygens (including phenoxy) is 2. The van der Waals surface area contributed by atoms with Gasteiger partial charge in [0, 0.05) is 22.7 Å². The van der Waals surface area contributed by atoms with E-state index in [2.05, 4.69) is 33.2 Å². The van der Waals surface area contributed by atoms with Crippen LogP contribution in [0.5, 0.6) is 11.5 Å². The van der Waals surface area contributed by atoms with E-state index < -0.39 is 0 Å². The van der Waals surface area contributed by atoms with Crippen LogP contribution in [0.15, 0.2) is 95.0 Å². The molecule has 2 heterocycles. The molecule has 1 N–H and O–H groups in total. The molecule has 0 atom stereocenters. The van der Waals surface area contributed by atoms with Gasteiger partial charge in [-0.2, -0.15) is 0 Å². The second kappa shape index (κ2) is 9.89. The summed E-state index contributed by atoms with van der Waals surface area (Å²) in [7, 11) is 1.62. The van der Waals surface area contributed by atoms with Crippen molar-refractivity contribution in [2.75, 3.05) is 13.7 Å². The molecule has 1 aliphatic heterocycles. The number of fused-ring (bicyclic) bond motifs is 1. The highest BCUT2D eigenvalue weighted by atomic mass is 32.2. The Labute approximate surface area is 201 Å².